The Morgan fingerprint density at radius 3 is 2.62 bits per heavy atom. The van der Waals surface area contributed by atoms with Crippen molar-refractivity contribution in [2.75, 3.05) is 7.11 Å². The number of benzene rings is 1. The summed E-state index contributed by atoms with van der Waals surface area (Å²) in [6.45, 7) is 1.55. The summed E-state index contributed by atoms with van der Waals surface area (Å²) < 4.78 is 46.4. The average molecular weight is 361 g/mol. The number of halogens is 3. The van der Waals surface area contributed by atoms with Crippen LogP contribution in [0.2, 0.25) is 0 Å². The monoisotopic (exact) mass is 361 g/mol. The Morgan fingerprint density at radius 2 is 1.96 bits per heavy atom. The first kappa shape index (κ1) is 17.7. The summed E-state index contributed by atoms with van der Waals surface area (Å²) in [4.78, 5) is 20.4. The van der Waals surface area contributed by atoms with Gasteiger partial charge in [-0.2, -0.15) is 0 Å². The number of aromatic nitrogens is 1. The van der Waals surface area contributed by atoms with Crippen LogP contribution in [0.15, 0.2) is 52.8 Å². The molecule has 0 aliphatic carbocycles. The van der Waals surface area contributed by atoms with E-state index < -0.39 is 29.5 Å². The smallest absolute Gasteiger partial charge is 0.338 e. The first-order chi connectivity index (χ1) is 12.4. The van der Waals surface area contributed by atoms with Gasteiger partial charge in [-0.05, 0) is 25.1 Å². The zero-order chi connectivity index (χ0) is 18.8. The molecule has 3 rings (SSSR count). The molecule has 5 nitrogen and oxygen atoms in total. The number of methoxy groups -OCH3 is 1. The summed E-state index contributed by atoms with van der Waals surface area (Å²) in [6, 6.07) is 4.42. The number of pyridine rings is 1. The fourth-order valence-electron chi connectivity index (χ4n) is 2.68. The van der Waals surface area contributed by atoms with Crippen molar-refractivity contribution >= 4 is 11.8 Å². The van der Waals surface area contributed by atoms with Crippen molar-refractivity contribution in [2.45, 2.75) is 13.0 Å². The van der Waals surface area contributed by atoms with Crippen molar-refractivity contribution < 1.29 is 22.7 Å². The Hall–Kier alpha value is -3.16. The van der Waals surface area contributed by atoms with Gasteiger partial charge < -0.3 is 10.1 Å². The van der Waals surface area contributed by atoms with Gasteiger partial charge in [0.25, 0.3) is 0 Å². The molecule has 1 unspecified atom stereocenters. The van der Waals surface area contributed by atoms with Gasteiger partial charge in [-0.15, -0.1) is 0 Å². The van der Waals surface area contributed by atoms with Crippen molar-refractivity contribution in [1.29, 1.82) is 0 Å². The highest BCUT2D eigenvalue weighted by atomic mass is 19.1. The zero-order valence-electron chi connectivity index (χ0n) is 13.9. The van der Waals surface area contributed by atoms with E-state index in [-0.39, 0.29) is 22.7 Å². The molecule has 0 radical (unpaired) electrons. The highest BCUT2D eigenvalue weighted by Crippen LogP contribution is 2.33. The fourth-order valence-corrected chi connectivity index (χ4v) is 2.68. The standard InChI is InChI=1S/C18H14F3N3O2/c1-9-14(18(25)26-2)15(11-6-5-10(19)8-13(11)21)24-17(23-9)16-12(20)4-3-7-22-16/h3-8,15H,1-2H3,(H,23,24). The third-order valence-electron chi connectivity index (χ3n) is 3.89. The van der Waals surface area contributed by atoms with E-state index in [1.807, 2.05) is 0 Å². The van der Waals surface area contributed by atoms with E-state index in [1.54, 1.807) is 6.92 Å². The van der Waals surface area contributed by atoms with Crippen LogP contribution in [-0.2, 0) is 9.53 Å². The van der Waals surface area contributed by atoms with Gasteiger partial charge >= 0.3 is 5.97 Å². The second-order valence-corrected chi connectivity index (χ2v) is 5.54. The summed E-state index contributed by atoms with van der Waals surface area (Å²) in [7, 11) is 1.18. The Kier molecular flexibility index (Phi) is 4.75. The lowest BCUT2D eigenvalue weighted by molar-refractivity contribution is -0.136. The van der Waals surface area contributed by atoms with E-state index in [0.29, 0.717) is 11.8 Å². The quantitative estimate of drug-likeness (QED) is 0.854. The molecule has 0 amide bonds. The second kappa shape index (κ2) is 6.99. The molecule has 0 saturated carbocycles. The molecule has 26 heavy (non-hydrogen) atoms. The Bertz CT molecular complexity index is 941. The molecule has 1 aromatic heterocycles. The molecule has 8 heteroatoms. The van der Waals surface area contributed by atoms with Crippen LogP contribution >= 0.6 is 0 Å². The number of hydrogen-bond acceptors (Lipinski definition) is 5. The molecule has 134 valence electrons. The number of esters is 1. The fraction of sp³-hybridized carbons (Fsp3) is 0.167. The van der Waals surface area contributed by atoms with Gasteiger partial charge in [0.2, 0.25) is 0 Å². The predicted octanol–water partition coefficient (Wildman–Crippen LogP) is 3.04. The van der Waals surface area contributed by atoms with Crippen molar-refractivity contribution in [3.8, 4) is 0 Å². The van der Waals surface area contributed by atoms with Gasteiger partial charge in [0, 0.05) is 23.5 Å². The van der Waals surface area contributed by atoms with E-state index in [2.05, 4.69) is 15.3 Å². The lowest BCUT2D eigenvalue weighted by Gasteiger charge is -2.26. The molecule has 2 heterocycles. The number of nitrogens with one attached hydrogen (secondary N) is 1. The Balaban J connectivity index is 2.17. The van der Waals surface area contributed by atoms with Crippen LogP contribution < -0.4 is 5.32 Å². The van der Waals surface area contributed by atoms with Gasteiger partial charge in [-0.25, -0.2) is 22.9 Å². The Morgan fingerprint density at radius 1 is 1.19 bits per heavy atom. The van der Waals surface area contributed by atoms with E-state index in [9.17, 15) is 18.0 Å². The number of amidine groups is 1. The van der Waals surface area contributed by atoms with Gasteiger partial charge in [-0.3, -0.25) is 4.99 Å². The molecule has 1 atom stereocenters. The summed E-state index contributed by atoms with van der Waals surface area (Å²) in [5, 5.41) is 2.80. The zero-order valence-corrected chi connectivity index (χ0v) is 13.9. The summed E-state index contributed by atoms with van der Waals surface area (Å²) in [5.41, 5.74) is 0.225. The van der Waals surface area contributed by atoms with Crippen molar-refractivity contribution in [2.24, 2.45) is 4.99 Å². The normalized spacial score (nSPS) is 16.8. The molecule has 0 spiro atoms. The minimum absolute atomic E-state index is 0.0296. The predicted molar refractivity (Wildman–Crippen MR) is 87.7 cm³/mol. The highest BCUT2D eigenvalue weighted by molar-refractivity contribution is 6.02. The maximum Gasteiger partial charge on any atom is 0.338 e. The van der Waals surface area contributed by atoms with E-state index >= 15 is 0 Å². The Labute approximate surface area is 147 Å². The molecular weight excluding hydrogens is 347 g/mol. The molecule has 1 aliphatic heterocycles. The molecule has 1 aliphatic rings. The lowest BCUT2D eigenvalue weighted by atomic mass is 9.95. The second-order valence-electron chi connectivity index (χ2n) is 5.54. The number of nitrogens with zero attached hydrogens (tertiary/aromatic N) is 2. The van der Waals surface area contributed by atoms with E-state index in [0.717, 1.165) is 6.07 Å². The van der Waals surface area contributed by atoms with Crippen molar-refractivity contribution in [3.63, 3.8) is 0 Å². The van der Waals surface area contributed by atoms with Crippen LogP contribution in [0.5, 0.6) is 0 Å². The molecule has 1 N–H and O–H groups in total. The van der Waals surface area contributed by atoms with Crippen molar-refractivity contribution in [3.05, 3.63) is 76.5 Å². The topological polar surface area (TPSA) is 63.6 Å². The number of rotatable bonds is 3. The van der Waals surface area contributed by atoms with E-state index in [4.69, 9.17) is 4.74 Å². The molecule has 2 aromatic rings. The average Bonchev–Trinajstić information content (AvgIpc) is 2.61. The summed E-state index contributed by atoms with van der Waals surface area (Å²) >= 11 is 0. The number of hydrogen-bond donors (Lipinski definition) is 1. The first-order valence-electron chi connectivity index (χ1n) is 7.62. The molecular formula is C18H14F3N3O2. The van der Waals surface area contributed by atoms with Crippen LogP contribution in [0.4, 0.5) is 13.2 Å². The van der Waals surface area contributed by atoms with Crippen molar-refractivity contribution in [1.82, 2.24) is 10.3 Å². The lowest BCUT2D eigenvalue weighted by Crippen LogP contribution is -2.34. The first-order valence-corrected chi connectivity index (χ1v) is 7.62. The maximum atomic E-state index is 14.3. The van der Waals surface area contributed by atoms with Gasteiger partial charge in [0.05, 0.1) is 12.7 Å². The van der Waals surface area contributed by atoms with Crippen LogP contribution in [0.3, 0.4) is 0 Å². The number of ether oxygens (including phenoxy) is 1. The van der Waals surface area contributed by atoms with Crippen LogP contribution in [0, 0.1) is 17.5 Å². The van der Waals surface area contributed by atoms with Gasteiger partial charge in [-0.1, -0.05) is 6.07 Å². The summed E-state index contributed by atoms with van der Waals surface area (Å²) in [6.07, 6.45) is 1.38. The number of allylic oxidation sites excluding steroid dienone is 1. The number of carbonyl (C=O) groups excluding carboxylic acids is 1. The minimum atomic E-state index is -1.14. The largest absolute Gasteiger partial charge is 0.466 e. The van der Waals surface area contributed by atoms with Crippen LogP contribution in [0.25, 0.3) is 0 Å². The maximum absolute atomic E-state index is 14.3. The molecule has 0 saturated heterocycles. The van der Waals surface area contributed by atoms with E-state index in [1.165, 1.54) is 31.5 Å². The molecule has 0 bridgehead atoms. The molecule has 1 aromatic carbocycles. The van der Waals surface area contributed by atoms with Gasteiger partial charge in [0.15, 0.2) is 11.7 Å². The van der Waals surface area contributed by atoms with Crippen LogP contribution in [-0.4, -0.2) is 23.9 Å². The van der Waals surface area contributed by atoms with Crippen LogP contribution in [0.1, 0.15) is 24.2 Å². The highest BCUT2D eigenvalue weighted by Gasteiger charge is 2.33. The third kappa shape index (κ3) is 3.17. The molecule has 0 fully saturated rings. The number of carbonyl (C=O) groups is 1. The third-order valence-corrected chi connectivity index (χ3v) is 3.89. The summed E-state index contributed by atoms with van der Waals surface area (Å²) in [5.74, 6) is -2.97. The number of aliphatic imine (C=N–C) groups is 1. The minimum Gasteiger partial charge on any atom is -0.466 e. The SMILES string of the molecule is COC(=O)C1=C(C)NC(c2ncccc2F)=NC1c1ccc(F)cc1F. The van der Waals surface area contributed by atoms with Gasteiger partial charge in [0.1, 0.15) is 23.4 Å².